The van der Waals surface area contributed by atoms with Crippen LogP contribution in [0.3, 0.4) is 0 Å². The Morgan fingerprint density at radius 2 is 2.13 bits per heavy atom. The van der Waals surface area contributed by atoms with Gasteiger partial charge in [-0.1, -0.05) is 6.92 Å². The van der Waals surface area contributed by atoms with Gasteiger partial charge in [-0.25, -0.2) is 0 Å². The van der Waals surface area contributed by atoms with E-state index in [-0.39, 0.29) is 0 Å². The van der Waals surface area contributed by atoms with Crippen LogP contribution in [-0.2, 0) is 0 Å². The van der Waals surface area contributed by atoms with Crippen LogP contribution < -0.4 is 5.32 Å². The summed E-state index contributed by atoms with van der Waals surface area (Å²) in [6, 6.07) is 0. The van der Waals surface area contributed by atoms with Crippen molar-refractivity contribution in [2.75, 3.05) is 36.1 Å². The second kappa shape index (κ2) is 7.82. The van der Waals surface area contributed by atoms with Crippen LogP contribution in [-0.4, -0.2) is 46.8 Å². The van der Waals surface area contributed by atoms with Gasteiger partial charge in [-0.05, 0) is 48.8 Å². The molecule has 0 radical (unpaired) electrons. The molecule has 1 aliphatic heterocycles. The van der Waals surface area contributed by atoms with Crippen molar-refractivity contribution in [3.8, 4) is 0 Å². The van der Waals surface area contributed by atoms with E-state index in [1.54, 1.807) is 0 Å². The number of hydrogen-bond donors (Lipinski definition) is 2. The largest absolute Gasteiger partial charge is 0.389 e. The molecular formula is C11H23NOS2. The summed E-state index contributed by atoms with van der Waals surface area (Å²) in [5, 5.41) is 13.6. The van der Waals surface area contributed by atoms with Crippen LogP contribution in [0.15, 0.2) is 0 Å². The van der Waals surface area contributed by atoms with Crippen LogP contribution in [0.2, 0.25) is 0 Å². The molecule has 15 heavy (non-hydrogen) atoms. The van der Waals surface area contributed by atoms with Gasteiger partial charge in [0.05, 0.1) is 5.60 Å². The highest BCUT2D eigenvalue weighted by Crippen LogP contribution is 2.26. The topological polar surface area (TPSA) is 32.3 Å². The minimum atomic E-state index is -0.414. The summed E-state index contributed by atoms with van der Waals surface area (Å²) in [5.74, 6) is 4.67. The average molecular weight is 249 g/mol. The first-order valence-corrected chi connectivity index (χ1v) is 8.16. The molecule has 2 nitrogen and oxygen atoms in total. The minimum Gasteiger partial charge on any atom is -0.389 e. The molecule has 0 aromatic rings. The zero-order valence-electron chi connectivity index (χ0n) is 9.63. The smallest absolute Gasteiger partial charge is 0.0787 e. The maximum absolute atomic E-state index is 10.2. The second-order valence-electron chi connectivity index (χ2n) is 4.06. The molecule has 1 aliphatic rings. The normalized spacial score (nSPS) is 20.4. The van der Waals surface area contributed by atoms with Gasteiger partial charge in [-0.15, -0.1) is 0 Å². The van der Waals surface area contributed by atoms with Crippen molar-refractivity contribution in [3.05, 3.63) is 0 Å². The molecule has 0 unspecified atom stereocenters. The fourth-order valence-electron chi connectivity index (χ4n) is 1.69. The van der Waals surface area contributed by atoms with E-state index in [9.17, 15) is 5.11 Å². The van der Waals surface area contributed by atoms with Crippen LogP contribution in [0.25, 0.3) is 0 Å². The highest BCUT2D eigenvalue weighted by atomic mass is 32.2. The molecule has 0 spiro atoms. The van der Waals surface area contributed by atoms with Crippen LogP contribution in [0, 0.1) is 0 Å². The molecule has 1 rings (SSSR count). The molecule has 90 valence electrons. The fourth-order valence-corrected chi connectivity index (χ4v) is 3.58. The van der Waals surface area contributed by atoms with Crippen molar-refractivity contribution in [2.24, 2.45) is 0 Å². The van der Waals surface area contributed by atoms with Gasteiger partial charge in [-0.3, -0.25) is 0 Å². The van der Waals surface area contributed by atoms with E-state index < -0.39 is 5.60 Å². The molecule has 0 aliphatic carbocycles. The Morgan fingerprint density at radius 3 is 2.80 bits per heavy atom. The Kier molecular flexibility index (Phi) is 7.14. The Hall–Kier alpha value is 0.620. The third-order valence-electron chi connectivity index (χ3n) is 2.72. The van der Waals surface area contributed by atoms with Crippen molar-refractivity contribution in [1.82, 2.24) is 5.32 Å². The van der Waals surface area contributed by atoms with E-state index in [0.717, 1.165) is 37.4 Å². The van der Waals surface area contributed by atoms with Crippen LogP contribution >= 0.6 is 23.5 Å². The Bertz CT molecular complexity index is 161. The van der Waals surface area contributed by atoms with Crippen molar-refractivity contribution in [3.63, 3.8) is 0 Å². The molecule has 0 amide bonds. The number of thioether (sulfide) groups is 2. The third-order valence-corrected chi connectivity index (χ3v) is 4.70. The Balaban J connectivity index is 1.98. The van der Waals surface area contributed by atoms with Gasteiger partial charge in [0.25, 0.3) is 0 Å². The van der Waals surface area contributed by atoms with E-state index in [4.69, 9.17) is 0 Å². The predicted octanol–water partition coefficient (Wildman–Crippen LogP) is 1.98. The van der Waals surface area contributed by atoms with Gasteiger partial charge in [0.2, 0.25) is 0 Å². The van der Waals surface area contributed by atoms with Gasteiger partial charge in [0.15, 0.2) is 0 Å². The summed E-state index contributed by atoms with van der Waals surface area (Å²) in [6.07, 6.45) is 3.12. The lowest BCUT2D eigenvalue weighted by Gasteiger charge is -2.32. The summed E-state index contributed by atoms with van der Waals surface area (Å²) in [6.45, 7) is 4.02. The quantitative estimate of drug-likeness (QED) is 0.676. The molecule has 0 aromatic carbocycles. The average Bonchev–Trinajstić information content (AvgIpc) is 2.24. The van der Waals surface area contributed by atoms with Crippen molar-refractivity contribution < 1.29 is 5.11 Å². The molecule has 0 aromatic heterocycles. The Labute approximate surface area is 102 Å². The summed E-state index contributed by atoms with van der Waals surface area (Å²) in [5.41, 5.74) is -0.414. The summed E-state index contributed by atoms with van der Waals surface area (Å²) >= 11 is 3.94. The number of aliphatic hydroxyl groups is 1. The van der Waals surface area contributed by atoms with E-state index in [1.165, 1.54) is 17.9 Å². The van der Waals surface area contributed by atoms with Gasteiger partial charge in [-0.2, -0.15) is 23.5 Å². The standard InChI is InChI=1S/C11H23NOS2/c1-2-14-7-3-6-12-10-11(13)4-8-15-9-5-11/h12-13H,2-10H2,1H3. The summed E-state index contributed by atoms with van der Waals surface area (Å²) in [4.78, 5) is 0. The molecule has 1 heterocycles. The van der Waals surface area contributed by atoms with Gasteiger partial charge in [0.1, 0.15) is 0 Å². The lowest BCUT2D eigenvalue weighted by molar-refractivity contribution is 0.0325. The number of hydrogen-bond acceptors (Lipinski definition) is 4. The van der Waals surface area contributed by atoms with Crippen LogP contribution in [0.1, 0.15) is 26.2 Å². The first kappa shape index (κ1) is 13.7. The lowest BCUT2D eigenvalue weighted by Crippen LogP contribution is -2.43. The van der Waals surface area contributed by atoms with Crippen LogP contribution in [0.4, 0.5) is 0 Å². The lowest BCUT2D eigenvalue weighted by atomic mass is 9.97. The number of rotatable bonds is 7. The highest BCUT2D eigenvalue weighted by molar-refractivity contribution is 7.99. The van der Waals surface area contributed by atoms with E-state index in [2.05, 4.69) is 12.2 Å². The SMILES string of the molecule is CCSCCCNCC1(O)CCSCC1. The van der Waals surface area contributed by atoms with Gasteiger partial charge in [0, 0.05) is 6.54 Å². The van der Waals surface area contributed by atoms with Crippen molar-refractivity contribution >= 4 is 23.5 Å². The zero-order valence-corrected chi connectivity index (χ0v) is 11.3. The van der Waals surface area contributed by atoms with Crippen LogP contribution in [0.5, 0.6) is 0 Å². The first-order chi connectivity index (χ1) is 7.27. The van der Waals surface area contributed by atoms with Crippen molar-refractivity contribution in [1.29, 1.82) is 0 Å². The first-order valence-electron chi connectivity index (χ1n) is 5.85. The zero-order chi connectivity index (χ0) is 11.0. The monoisotopic (exact) mass is 249 g/mol. The van der Waals surface area contributed by atoms with E-state index >= 15 is 0 Å². The molecule has 0 saturated carbocycles. The molecular weight excluding hydrogens is 226 g/mol. The van der Waals surface area contributed by atoms with Crippen molar-refractivity contribution in [2.45, 2.75) is 31.8 Å². The third kappa shape index (κ3) is 6.05. The molecule has 0 atom stereocenters. The highest BCUT2D eigenvalue weighted by Gasteiger charge is 2.28. The van der Waals surface area contributed by atoms with Gasteiger partial charge < -0.3 is 10.4 Å². The van der Waals surface area contributed by atoms with E-state index in [0.29, 0.717) is 0 Å². The molecule has 2 N–H and O–H groups in total. The molecule has 1 fully saturated rings. The van der Waals surface area contributed by atoms with Gasteiger partial charge >= 0.3 is 0 Å². The fraction of sp³-hybridized carbons (Fsp3) is 1.00. The minimum absolute atomic E-state index is 0.414. The molecule has 1 saturated heterocycles. The number of nitrogens with one attached hydrogen (secondary N) is 1. The maximum atomic E-state index is 10.2. The molecule has 0 bridgehead atoms. The maximum Gasteiger partial charge on any atom is 0.0787 e. The second-order valence-corrected chi connectivity index (χ2v) is 6.68. The summed E-state index contributed by atoms with van der Waals surface area (Å²) < 4.78 is 0. The van der Waals surface area contributed by atoms with E-state index in [1.807, 2.05) is 23.5 Å². The molecule has 4 heteroatoms. The predicted molar refractivity (Wildman–Crippen MR) is 72.0 cm³/mol. The summed E-state index contributed by atoms with van der Waals surface area (Å²) in [7, 11) is 0. The Morgan fingerprint density at radius 1 is 1.40 bits per heavy atom.